The molecule has 0 unspecified atom stereocenters. The molecule has 0 atom stereocenters. The van der Waals surface area contributed by atoms with E-state index in [-0.39, 0.29) is 3.57 Å². The fourth-order valence-electron chi connectivity index (χ4n) is 0.941. The minimum absolute atomic E-state index is 0.0192. The summed E-state index contributed by atoms with van der Waals surface area (Å²) < 4.78 is 37.7. The standard InChI is InChI=1S/C8H5F3INO2/c9-3-1-4(12)7(8(10)11)13-5(3)2-6(14)15/h1,8H,2H2,(H,14,15). The second kappa shape index (κ2) is 4.77. The third-order valence-electron chi connectivity index (χ3n) is 1.55. The summed E-state index contributed by atoms with van der Waals surface area (Å²) in [6.45, 7) is 0. The number of rotatable bonds is 3. The van der Waals surface area contributed by atoms with E-state index < -0.39 is 36.0 Å². The first kappa shape index (κ1) is 12.2. The minimum Gasteiger partial charge on any atom is -0.481 e. The highest BCUT2D eigenvalue weighted by atomic mass is 127. The summed E-state index contributed by atoms with van der Waals surface area (Å²) in [6, 6.07) is 0.854. The Morgan fingerprint density at radius 1 is 1.60 bits per heavy atom. The summed E-state index contributed by atoms with van der Waals surface area (Å²) >= 11 is 1.52. The molecule has 1 aromatic heterocycles. The van der Waals surface area contributed by atoms with E-state index in [1.165, 1.54) is 22.6 Å². The number of carbonyl (C=O) groups is 1. The molecule has 0 aliphatic heterocycles. The number of aliphatic carboxylic acids is 1. The van der Waals surface area contributed by atoms with Gasteiger partial charge in [0, 0.05) is 3.57 Å². The van der Waals surface area contributed by atoms with Crippen LogP contribution in [0.25, 0.3) is 0 Å². The molecule has 1 rings (SSSR count). The smallest absolute Gasteiger partial charge is 0.309 e. The van der Waals surface area contributed by atoms with Crippen molar-refractivity contribution in [2.75, 3.05) is 0 Å². The Morgan fingerprint density at radius 2 is 2.20 bits per heavy atom. The van der Waals surface area contributed by atoms with Crippen LogP contribution >= 0.6 is 22.6 Å². The average Bonchev–Trinajstić information content (AvgIpc) is 2.08. The van der Waals surface area contributed by atoms with Gasteiger partial charge >= 0.3 is 5.97 Å². The van der Waals surface area contributed by atoms with Crippen LogP contribution in [0.2, 0.25) is 0 Å². The first-order chi connectivity index (χ1) is 6.91. The molecule has 0 aliphatic carbocycles. The van der Waals surface area contributed by atoms with Crippen molar-refractivity contribution < 1.29 is 23.1 Å². The van der Waals surface area contributed by atoms with E-state index in [0.29, 0.717) is 0 Å². The second-order valence-corrected chi connectivity index (χ2v) is 3.82. The highest BCUT2D eigenvalue weighted by Gasteiger charge is 2.18. The first-order valence-corrected chi connectivity index (χ1v) is 4.84. The van der Waals surface area contributed by atoms with E-state index in [0.717, 1.165) is 6.07 Å². The monoisotopic (exact) mass is 331 g/mol. The van der Waals surface area contributed by atoms with E-state index in [1.807, 2.05) is 0 Å². The lowest BCUT2D eigenvalue weighted by molar-refractivity contribution is -0.136. The highest BCUT2D eigenvalue weighted by molar-refractivity contribution is 14.1. The number of carboxylic acid groups (broad SMARTS) is 1. The Kier molecular flexibility index (Phi) is 3.89. The number of pyridine rings is 1. The van der Waals surface area contributed by atoms with E-state index >= 15 is 0 Å². The van der Waals surface area contributed by atoms with Crippen LogP contribution in [0.5, 0.6) is 0 Å². The van der Waals surface area contributed by atoms with Crippen LogP contribution in [0.1, 0.15) is 17.8 Å². The maximum atomic E-state index is 13.1. The van der Waals surface area contributed by atoms with Crippen LogP contribution in [0.15, 0.2) is 6.07 Å². The number of hydrogen-bond donors (Lipinski definition) is 1. The van der Waals surface area contributed by atoms with Gasteiger partial charge in [-0.25, -0.2) is 18.2 Å². The maximum Gasteiger partial charge on any atom is 0.309 e. The molecule has 0 fully saturated rings. The molecule has 1 aromatic rings. The first-order valence-electron chi connectivity index (χ1n) is 3.76. The summed E-state index contributed by atoms with van der Waals surface area (Å²) in [5.41, 5.74) is -1.06. The summed E-state index contributed by atoms with van der Waals surface area (Å²) in [5, 5.41) is 8.39. The van der Waals surface area contributed by atoms with Gasteiger partial charge in [-0.1, -0.05) is 0 Å². The molecule has 1 N–H and O–H groups in total. The molecule has 0 saturated carbocycles. The van der Waals surface area contributed by atoms with E-state index in [4.69, 9.17) is 5.11 Å². The zero-order valence-corrected chi connectivity index (χ0v) is 9.33. The van der Waals surface area contributed by atoms with Gasteiger partial charge in [-0.15, -0.1) is 0 Å². The topological polar surface area (TPSA) is 50.2 Å². The molecule has 0 bridgehead atoms. The minimum atomic E-state index is -2.84. The molecule has 15 heavy (non-hydrogen) atoms. The number of aromatic nitrogens is 1. The molecular formula is C8H5F3INO2. The largest absolute Gasteiger partial charge is 0.481 e. The Morgan fingerprint density at radius 3 is 2.67 bits per heavy atom. The normalized spacial score (nSPS) is 10.7. The molecule has 1 heterocycles. The third-order valence-corrected chi connectivity index (χ3v) is 2.42. The zero-order valence-electron chi connectivity index (χ0n) is 7.18. The van der Waals surface area contributed by atoms with Gasteiger partial charge in [0.2, 0.25) is 0 Å². The van der Waals surface area contributed by atoms with Gasteiger partial charge < -0.3 is 5.11 Å². The van der Waals surface area contributed by atoms with Gasteiger partial charge in [0.15, 0.2) is 0 Å². The molecule has 7 heteroatoms. The Bertz CT molecular complexity index is 398. The summed E-state index contributed by atoms with van der Waals surface area (Å²) in [4.78, 5) is 13.6. The van der Waals surface area contributed by atoms with Crippen LogP contribution in [0.4, 0.5) is 13.2 Å². The average molecular weight is 331 g/mol. The molecule has 3 nitrogen and oxygen atoms in total. The third kappa shape index (κ3) is 3.05. The van der Waals surface area contributed by atoms with Crippen molar-refractivity contribution in [2.45, 2.75) is 12.8 Å². The lowest BCUT2D eigenvalue weighted by Crippen LogP contribution is -2.08. The number of nitrogens with zero attached hydrogens (tertiary/aromatic N) is 1. The van der Waals surface area contributed by atoms with Crippen molar-refractivity contribution in [1.82, 2.24) is 4.98 Å². The second-order valence-electron chi connectivity index (χ2n) is 2.66. The molecule has 0 aromatic carbocycles. The quantitative estimate of drug-likeness (QED) is 0.866. The number of hydrogen-bond acceptors (Lipinski definition) is 2. The molecule has 0 amide bonds. The lowest BCUT2D eigenvalue weighted by Gasteiger charge is -2.05. The predicted molar refractivity (Wildman–Crippen MR) is 53.2 cm³/mol. The fraction of sp³-hybridized carbons (Fsp3) is 0.250. The molecule has 0 spiro atoms. The SMILES string of the molecule is O=C(O)Cc1nc(C(F)F)c(I)cc1F. The maximum absolute atomic E-state index is 13.1. The number of alkyl halides is 2. The van der Waals surface area contributed by atoms with Gasteiger partial charge in [-0.05, 0) is 28.7 Å². The molecular weight excluding hydrogens is 326 g/mol. The predicted octanol–water partition coefficient (Wildman–Crippen LogP) is 2.39. The van der Waals surface area contributed by atoms with Crippen LogP contribution < -0.4 is 0 Å². The molecule has 0 aliphatic rings. The summed E-state index contributed by atoms with van der Waals surface area (Å²) in [5.74, 6) is -2.20. The number of halogens is 4. The Hall–Kier alpha value is -0.860. The van der Waals surface area contributed by atoms with Crippen LogP contribution in [0, 0.1) is 9.39 Å². The molecule has 82 valence electrons. The summed E-state index contributed by atoms with van der Waals surface area (Å²) in [6.07, 6.45) is -3.55. The van der Waals surface area contributed by atoms with Crippen molar-refractivity contribution in [3.63, 3.8) is 0 Å². The van der Waals surface area contributed by atoms with Crippen LogP contribution in [0.3, 0.4) is 0 Å². The highest BCUT2D eigenvalue weighted by Crippen LogP contribution is 2.24. The van der Waals surface area contributed by atoms with E-state index in [1.54, 1.807) is 0 Å². The van der Waals surface area contributed by atoms with Crippen molar-refractivity contribution >= 4 is 28.6 Å². The van der Waals surface area contributed by atoms with Crippen LogP contribution in [-0.2, 0) is 11.2 Å². The van der Waals surface area contributed by atoms with Gasteiger partial charge in [0.1, 0.15) is 11.5 Å². The van der Waals surface area contributed by atoms with Crippen molar-refractivity contribution in [3.8, 4) is 0 Å². The van der Waals surface area contributed by atoms with Gasteiger partial charge in [0.25, 0.3) is 6.43 Å². The van der Waals surface area contributed by atoms with Crippen molar-refractivity contribution in [1.29, 1.82) is 0 Å². The van der Waals surface area contributed by atoms with Crippen molar-refractivity contribution in [3.05, 3.63) is 26.8 Å². The molecule has 0 saturated heterocycles. The summed E-state index contributed by atoms with van der Waals surface area (Å²) in [7, 11) is 0. The van der Waals surface area contributed by atoms with Crippen molar-refractivity contribution in [2.24, 2.45) is 0 Å². The van der Waals surface area contributed by atoms with Gasteiger partial charge in [0.05, 0.1) is 12.1 Å². The Labute approximate surface area is 96.5 Å². The zero-order chi connectivity index (χ0) is 11.6. The van der Waals surface area contributed by atoms with Crippen LogP contribution in [-0.4, -0.2) is 16.1 Å². The lowest BCUT2D eigenvalue weighted by atomic mass is 10.2. The molecule has 0 radical (unpaired) electrons. The van der Waals surface area contributed by atoms with Gasteiger partial charge in [-0.2, -0.15) is 0 Å². The van der Waals surface area contributed by atoms with E-state index in [2.05, 4.69) is 4.98 Å². The Balaban J connectivity index is 3.17. The van der Waals surface area contributed by atoms with Gasteiger partial charge in [-0.3, -0.25) is 4.79 Å². The fourth-order valence-corrected chi connectivity index (χ4v) is 1.57. The van der Waals surface area contributed by atoms with E-state index in [9.17, 15) is 18.0 Å². The number of carboxylic acids is 1.